The second-order valence-corrected chi connectivity index (χ2v) is 9.02. The minimum atomic E-state index is -2.77. The van der Waals surface area contributed by atoms with Crippen molar-refractivity contribution in [1.82, 2.24) is 35.0 Å². The molecule has 0 aliphatic heterocycles. The summed E-state index contributed by atoms with van der Waals surface area (Å²) in [7, 11) is 0. The van der Waals surface area contributed by atoms with Crippen LogP contribution in [0.1, 0.15) is 53.9 Å². The lowest BCUT2D eigenvalue weighted by atomic mass is 10.1. The van der Waals surface area contributed by atoms with Crippen LogP contribution < -0.4 is 5.32 Å². The molecule has 1 aliphatic rings. The van der Waals surface area contributed by atoms with E-state index in [0.29, 0.717) is 22.5 Å². The van der Waals surface area contributed by atoms with E-state index >= 15 is 0 Å². The Hall–Kier alpha value is -4.54. The van der Waals surface area contributed by atoms with Crippen molar-refractivity contribution in [2.75, 3.05) is 0 Å². The number of nitrogens with one attached hydrogen (secondary N) is 2. The van der Waals surface area contributed by atoms with E-state index in [-0.39, 0.29) is 48.4 Å². The Bertz CT molecular complexity index is 1880. The zero-order valence-corrected chi connectivity index (χ0v) is 19.6. The number of nitrogens with zero attached hydrogens (tertiary/aromatic N) is 5. The normalized spacial score (nSPS) is 18.5. The zero-order chi connectivity index (χ0) is 30.6. The number of benzene rings is 2. The maximum atomic E-state index is 14.6. The van der Waals surface area contributed by atoms with E-state index in [2.05, 4.69) is 30.4 Å². The van der Waals surface area contributed by atoms with Crippen molar-refractivity contribution in [3.8, 4) is 16.8 Å². The lowest BCUT2D eigenvalue weighted by Gasteiger charge is -2.08. The maximum absolute atomic E-state index is 14.6. The van der Waals surface area contributed by atoms with E-state index in [0.717, 1.165) is 11.0 Å². The number of carbonyl (C=O) groups is 1. The number of amides is 1. The Kier molecular flexibility index (Phi) is 4.62. The van der Waals surface area contributed by atoms with Gasteiger partial charge in [-0.3, -0.25) is 4.79 Å². The molecule has 0 radical (unpaired) electrons. The number of hydrogen-bond donors (Lipinski definition) is 2. The van der Waals surface area contributed by atoms with Crippen molar-refractivity contribution in [3.63, 3.8) is 0 Å². The first-order chi connectivity index (χ1) is 20.4. The number of rotatable bonds is 6. The van der Waals surface area contributed by atoms with Crippen LogP contribution in [0.2, 0.25) is 0 Å². The van der Waals surface area contributed by atoms with Crippen molar-refractivity contribution in [1.29, 1.82) is 0 Å². The Morgan fingerprint density at radius 3 is 2.82 bits per heavy atom. The second kappa shape index (κ2) is 9.40. The predicted molar refractivity (Wildman–Crippen MR) is 133 cm³/mol. The molecule has 1 atom stereocenters. The minimum absolute atomic E-state index is 0.0370. The summed E-state index contributed by atoms with van der Waals surface area (Å²) in [5.74, 6) is -4.15. The molecule has 6 rings (SSSR count). The average Bonchev–Trinajstić information content (AvgIpc) is 3.71. The molecule has 1 unspecified atom stereocenters. The van der Waals surface area contributed by atoms with Gasteiger partial charge >= 0.3 is 0 Å². The number of alkyl halides is 2. The van der Waals surface area contributed by atoms with Gasteiger partial charge in [-0.1, -0.05) is 18.1 Å². The van der Waals surface area contributed by atoms with Crippen molar-refractivity contribution < 1.29 is 24.8 Å². The fourth-order valence-corrected chi connectivity index (χ4v) is 4.53. The third-order valence-corrected chi connectivity index (χ3v) is 6.35. The van der Waals surface area contributed by atoms with E-state index in [1.807, 2.05) is 0 Å². The van der Waals surface area contributed by atoms with Gasteiger partial charge in [-0.15, -0.1) is 0 Å². The quantitative estimate of drug-likeness (QED) is 0.320. The van der Waals surface area contributed by atoms with Gasteiger partial charge in [0.1, 0.15) is 23.5 Å². The molecule has 0 bridgehead atoms. The molecule has 0 spiro atoms. The molecule has 192 valence electrons. The fourth-order valence-electron chi connectivity index (χ4n) is 4.53. The number of fused-ring (bicyclic) bond motifs is 1. The average molecular weight is 523 g/mol. The third kappa shape index (κ3) is 4.74. The van der Waals surface area contributed by atoms with E-state index in [4.69, 9.17) is 6.85 Å². The van der Waals surface area contributed by atoms with Gasteiger partial charge in [0.2, 0.25) is 5.92 Å². The van der Waals surface area contributed by atoms with Gasteiger partial charge in [0.05, 0.1) is 18.7 Å². The van der Waals surface area contributed by atoms with Gasteiger partial charge in [0.25, 0.3) is 5.91 Å². The topological polar surface area (TPSA) is 101 Å². The Labute approximate surface area is 222 Å². The first-order valence-corrected chi connectivity index (χ1v) is 11.7. The minimum Gasteiger partial charge on any atom is -0.347 e. The number of hydrogen-bond acceptors (Lipinski definition) is 5. The molecule has 11 heteroatoms. The van der Waals surface area contributed by atoms with Crippen molar-refractivity contribution in [2.24, 2.45) is 0 Å². The molecule has 2 aromatic carbocycles. The predicted octanol–water partition coefficient (Wildman–Crippen LogP) is 5.18. The molecular weight excluding hydrogens is 495 g/mol. The van der Waals surface area contributed by atoms with Crippen LogP contribution in [0.15, 0.2) is 67.1 Å². The number of carbonyl (C=O) groups excluding carboxylic acids is 1. The summed E-state index contributed by atoms with van der Waals surface area (Å²) in [6.07, 6.45) is 3.61. The van der Waals surface area contributed by atoms with E-state index in [1.54, 1.807) is 6.07 Å². The Balaban J connectivity index is 1.22. The van der Waals surface area contributed by atoms with E-state index in [9.17, 15) is 18.0 Å². The molecule has 1 saturated carbocycles. The maximum Gasteiger partial charge on any atom is 0.272 e. The Morgan fingerprint density at radius 2 is 2.03 bits per heavy atom. The van der Waals surface area contributed by atoms with E-state index < -0.39 is 53.8 Å². The summed E-state index contributed by atoms with van der Waals surface area (Å²) < 4.78 is 83.0. The molecule has 3 heterocycles. The first kappa shape index (κ1) is 18.7. The molecule has 38 heavy (non-hydrogen) atoms. The number of aromatic nitrogens is 6. The monoisotopic (exact) mass is 522 g/mol. The SMILES string of the molecule is [2H]c1c([2H])c([2H])c(-n2cc(-c3cc(F)cc(CNC(=O)c4ncnc5nc(C6CCC(F)(F)C6)[nH]c45)c3)cn2)c([2H])c1[2H]. The lowest BCUT2D eigenvalue weighted by Crippen LogP contribution is -2.24. The molecule has 1 fully saturated rings. The van der Waals surface area contributed by atoms with Gasteiger partial charge in [0.15, 0.2) is 11.3 Å². The van der Waals surface area contributed by atoms with Gasteiger partial charge in [0, 0.05) is 37.1 Å². The third-order valence-electron chi connectivity index (χ3n) is 6.35. The molecular formula is C27H22F3N7O. The van der Waals surface area contributed by atoms with E-state index in [1.165, 1.54) is 24.5 Å². The highest BCUT2D eigenvalue weighted by atomic mass is 19.3. The number of para-hydroxylation sites is 1. The van der Waals surface area contributed by atoms with Crippen molar-refractivity contribution in [2.45, 2.75) is 37.6 Å². The van der Waals surface area contributed by atoms with Crippen LogP contribution in [0.3, 0.4) is 0 Å². The smallest absolute Gasteiger partial charge is 0.272 e. The van der Waals surface area contributed by atoms with Gasteiger partial charge in [-0.25, -0.2) is 32.8 Å². The highest BCUT2D eigenvalue weighted by Gasteiger charge is 2.41. The first-order valence-electron chi connectivity index (χ1n) is 14.2. The highest BCUT2D eigenvalue weighted by molar-refractivity contribution is 6.02. The number of aromatic amines is 1. The van der Waals surface area contributed by atoms with Gasteiger partial charge in [-0.05, 0) is 47.8 Å². The Morgan fingerprint density at radius 1 is 1.18 bits per heavy atom. The second-order valence-electron chi connectivity index (χ2n) is 9.02. The summed E-state index contributed by atoms with van der Waals surface area (Å²) in [6, 6.07) is 1.65. The van der Waals surface area contributed by atoms with Gasteiger partial charge < -0.3 is 10.3 Å². The standard InChI is InChI=1S/C27H22F3N7O/c28-20-9-16(8-18(10-20)19-13-34-37(14-19)21-4-2-1-3-5-21)12-31-26(38)23-22-25(33-15-32-23)36-24(35-22)17-6-7-27(29,30)11-17/h1-5,8-10,13-15,17H,6-7,11-12H2,(H,31,38)(H,32,33,35,36)/i1D,2D,3D,4D,5D. The summed E-state index contributed by atoms with van der Waals surface area (Å²) in [6.45, 7) is -0.0951. The largest absolute Gasteiger partial charge is 0.347 e. The molecule has 3 aromatic heterocycles. The fraction of sp³-hybridized carbons (Fsp3) is 0.222. The highest BCUT2D eigenvalue weighted by Crippen LogP contribution is 2.43. The molecule has 5 aromatic rings. The van der Waals surface area contributed by atoms with Crippen LogP contribution in [0, 0.1) is 5.82 Å². The molecule has 2 N–H and O–H groups in total. The van der Waals surface area contributed by atoms with Crippen LogP contribution in [0.5, 0.6) is 0 Å². The summed E-state index contributed by atoms with van der Waals surface area (Å²) in [5.41, 5.74) is 1.37. The number of H-pyrrole nitrogens is 1. The molecule has 1 aliphatic carbocycles. The van der Waals surface area contributed by atoms with Crippen molar-refractivity contribution >= 4 is 17.1 Å². The molecule has 1 amide bonds. The number of imidazole rings is 1. The molecule has 0 saturated heterocycles. The van der Waals surface area contributed by atoms with Gasteiger partial charge in [-0.2, -0.15) is 5.10 Å². The summed E-state index contributed by atoms with van der Waals surface area (Å²) >= 11 is 0. The zero-order valence-electron chi connectivity index (χ0n) is 24.6. The van der Waals surface area contributed by atoms with Crippen LogP contribution in [-0.2, 0) is 6.54 Å². The number of halogens is 3. The van der Waals surface area contributed by atoms with Crippen LogP contribution in [0.4, 0.5) is 13.2 Å². The van der Waals surface area contributed by atoms with Crippen molar-refractivity contribution in [3.05, 3.63) is 90.0 Å². The van der Waals surface area contributed by atoms with Crippen LogP contribution in [0.25, 0.3) is 28.0 Å². The molecule has 8 nitrogen and oxygen atoms in total. The van der Waals surface area contributed by atoms with Crippen LogP contribution >= 0.6 is 0 Å². The summed E-state index contributed by atoms with van der Waals surface area (Å²) in [5, 5.41) is 6.80. The summed E-state index contributed by atoms with van der Waals surface area (Å²) in [4.78, 5) is 28.4. The lowest BCUT2D eigenvalue weighted by molar-refractivity contribution is 0.00755. The van der Waals surface area contributed by atoms with Crippen LogP contribution in [-0.4, -0.2) is 41.5 Å².